The first-order valence-corrected chi connectivity index (χ1v) is 9.06. The van der Waals surface area contributed by atoms with E-state index in [0.29, 0.717) is 37.6 Å². The molecule has 0 aliphatic carbocycles. The van der Waals surface area contributed by atoms with Crippen LogP contribution >= 0.6 is 0 Å². The molecule has 7 heteroatoms. The number of hydrogen-bond donors (Lipinski definition) is 1. The van der Waals surface area contributed by atoms with E-state index < -0.39 is 11.8 Å². The van der Waals surface area contributed by atoms with Gasteiger partial charge in [0.05, 0.1) is 11.8 Å². The molecule has 142 valence electrons. The normalized spacial score (nSPS) is 14.2. The standard InChI is InChI=1S/C20H24N4O3/c1-15(2)27-17-8-4-3-7-16(17)22-19(25)20(26)24-13-11-23(12-14-24)18-9-5-6-10-21-18/h3-10,15H,11-14H2,1-2H3,(H,22,25). The van der Waals surface area contributed by atoms with E-state index >= 15 is 0 Å². The van der Waals surface area contributed by atoms with Crippen molar-refractivity contribution in [3.8, 4) is 5.75 Å². The minimum atomic E-state index is -0.652. The van der Waals surface area contributed by atoms with Crippen molar-refractivity contribution in [2.45, 2.75) is 20.0 Å². The van der Waals surface area contributed by atoms with E-state index in [1.807, 2.05) is 38.1 Å². The van der Waals surface area contributed by atoms with Gasteiger partial charge in [0, 0.05) is 32.4 Å². The van der Waals surface area contributed by atoms with Crippen LogP contribution in [0.15, 0.2) is 48.7 Å². The second-order valence-corrected chi connectivity index (χ2v) is 6.58. The van der Waals surface area contributed by atoms with Gasteiger partial charge in [-0.25, -0.2) is 4.98 Å². The summed E-state index contributed by atoms with van der Waals surface area (Å²) in [6, 6.07) is 12.9. The van der Waals surface area contributed by atoms with Gasteiger partial charge in [0.15, 0.2) is 0 Å². The molecule has 1 aromatic carbocycles. The van der Waals surface area contributed by atoms with E-state index in [0.717, 1.165) is 5.82 Å². The summed E-state index contributed by atoms with van der Waals surface area (Å²) in [5.41, 5.74) is 0.497. The number of para-hydroxylation sites is 2. The van der Waals surface area contributed by atoms with Crippen LogP contribution in [-0.2, 0) is 9.59 Å². The maximum Gasteiger partial charge on any atom is 0.314 e. The first-order chi connectivity index (χ1) is 13.0. The quantitative estimate of drug-likeness (QED) is 0.837. The van der Waals surface area contributed by atoms with Crippen molar-refractivity contribution < 1.29 is 14.3 Å². The van der Waals surface area contributed by atoms with Gasteiger partial charge < -0.3 is 19.9 Å². The highest BCUT2D eigenvalue weighted by Gasteiger charge is 2.27. The molecule has 0 bridgehead atoms. The fourth-order valence-electron chi connectivity index (χ4n) is 2.93. The van der Waals surface area contributed by atoms with Crippen molar-refractivity contribution in [3.05, 3.63) is 48.7 Å². The summed E-state index contributed by atoms with van der Waals surface area (Å²) < 4.78 is 5.68. The molecule has 7 nitrogen and oxygen atoms in total. The third-order valence-electron chi connectivity index (χ3n) is 4.23. The van der Waals surface area contributed by atoms with Crippen LogP contribution in [0, 0.1) is 0 Å². The maximum atomic E-state index is 12.5. The van der Waals surface area contributed by atoms with E-state index in [9.17, 15) is 9.59 Å². The van der Waals surface area contributed by atoms with Gasteiger partial charge in [-0.05, 0) is 38.1 Å². The summed E-state index contributed by atoms with van der Waals surface area (Å²) >= 11 is 0. The van der Waals surface area contributed by atoms with Crippen LogP contribution in [0.5, 0.6) is 5.75 Å². The molecule has 0 radical (unpaired) electrons. The summed E-state index contributed by atoms with van der Waals surface area (Å²) in [6.07, 6.45) is 1.72. The van der Waals surface area contributed by atoms with Crippen molar-refractivity contribution in [3.63, 3.8) is 0 Å². The number of rotatable bonds is 4. The number of anilines is 2. The molecule has 0 spiro atoms. The lowest BCUT2D eigenvalue weighted by molar-refractivity contribution is -0.143. The lowest BCUT2D eigenvalue weighted by Gasteiger charge is -2.35. The Morgan fingerprint density at radius 3 is 2.41 bits per heavy atom. The molecule has 0 atom stereocenters. The molecule has 1 saturated heterocycles. The van der Waals surface area contributed by atoms with Gasteiger partial charge in [0.25, 0.3) is 0 Å². The summed E-state index contributed by atoms with van der Waals surface area (Å²) in [4.78, 5) is 32.9. The second kappa shape index (κ2) is 8.53. The third-order valence-corrected chi connectivity index (χ3v) is 4.23. The van der Waals surface area contributed by atoms with Gasteiger partial charge in [0.1, 0.15) is 11.6 Å². The second-order valence-electron chi connectivity index (χ2n) is 6.58. The van der Waals surface area contributed by atoms with Crippen molar-refractivity contribution in [2.24, 2.45) is 0 Å². The number of amides is 2. The Kier molecular flexibility index (Phi) is 5.90. The predicted octanol–water partition coefficient (Wildman–Crippen LogP) is 2.16. The number of piperazine rings is 1. The monoisotopic (exact) mass is 368 g/mol. The number of aromatic nitrogens is 1. The minimum absolute atomic E-state index is 0.0292. The van der Waals surface area contributed by atoms with E-state index in [1.54, 1.807) is 29.3 Å². The Labute approximate surface area is 158 Å². The van der Waals surface area contributed by atoms with Crippen LogP contribution in [0.4, 0.5) is 11.5 Å². The first kappa shape index (κ1) is 18.7. The summed E-state index contributed by atoms with van der Waals surface area (Å²) in [5, 5.41) is 2.67. The molecule has 1 aromatic heterocycles. The third kappa shape index (κ3) is 4.75. The average molecular weight is 368 g/mol. The Bertz CT molecular complexity index is 787. The van der Waals surface area contributed by atoms with Crippen molar-refractivity contribution in [2.75, 3.05) is 36.4 Å². The molecule has 1 fully saturated rings. The summed E-state index contributed by atoms with van der Waals surface area (Å²) in [7, 11) is 0. The molecule has 1 aliphatic rings. The van der Waals surface area contributed by atoms with Crippen LogP contribution in [0.2, 0.25) is 0 Å². The Hall–Kier alpha value is -3.09. The highest BCUT2D eigenvalue weighted by atomic mass is 16.5. The molecule has 2 amide bonds. The number of hydrogen-bond acceptors (Lipinski definition) is 5. The molecule has 2 aromatic rings. The van der Waals surface area contributed by atoms with Crippen molar-refractivity contribution in [1.29, 1.82) is 0 Å². The van der Waals surface area contributed by atoms with Crippen molar-refractivity contribution in [1.82, 2.24) is 9.88 Å². The van der Waals surface area contributed by atoms with Gasteiger partial charge in [-0.3, -0.25) is 9.59 Å². The predicted molar refractivity (Wildman–Crippen MR) is 104 cm³/mol. The van der Waals surface area contributed by atoms with Gasteiger partial charge in [-0.1, -0.05) is 18.2 Å². The van der Waals surface area contributed by atoms with Gasteiger partial charge in [-0.2, -0.15) is 0 Å². The smallest absolute Gasteiger partial charge is 0.314 e. The van der Waals surface area contributed by atoms with Crippen LogP contribution in [0.25, 0.3) is 0 Å². The zero-order chi connectivity index (χ0) is 19.2. The molecular weight excluding hydrogens is 344 g/mol. The van der Waals surface area contributed by atoms with Crippen LogP contribution < -0.4 is 15.0 Å². The van der Waals surface area contributed by atoms with Gasteiger partial charge >= 0.3 is 11.8 Å². The van der Waals surface area contributed by atoms with E-state index in [4.69, 9.17) is 4.74 Å². The van der Waals surface area contributed by atoms with Gasteiger partial charge in [-0.15, -0.1) is 0 Å². The molecule has 1 aliphatic heterocycles. The lowest BCUT2D eigenvalue weighted by atomic mass is 10.2. The topological polar surface area (TPSA) is 74.8 Å². The van der Waals surface area contributed by atoms with Crippen molar-refractivity contribution >= 4 is 23.3 Å². The van der Waals surface area contributed by atoms with E-state index in [1.165, 1.54) is 0 Å². The number of pyridine rings is 1. The highest BCUT2D eigenvalue weighted by Crippen LogP contribution is 2.25. The molecule has 3 rings (SSSR count). The molecule has 0 unspecified atom stereocenters. The number of nitrogens with zero attached hydrogens (tertiary/aromatic N) is 3. The molecule has 2 heterocycles. The average Bonchev–Trinajstić information content (AvgIpc) is 2.69. The maximum absolute atomic E-state index is 12.5. The van der Waals surface area contributed by atoms with Crippen LogP contribution in [0.1, 0.15) is 13.8 Å². The number of carbonyl (C=O) groups is 2. The molecule has 27 heavy (non-hydrogen) atoms. The minimum Gasteiger partial charge on any atom is -0.489 e. The zero-order valence-electron chi connectivity index (χ0n) is 15.6. The Morgan fingerprint density at radius 2 is 1.74 bits per heavy atom. The SMILES string of the molecule is CC(C)Oc1ccccc1NC(=O)C(=O)N1CCN(c2ccccn2)CC1. The van der Waals surface area contributed by atoms with E-state index in [2.05, 4.69) is 15.2 Å². The lowest BCUT2D eigenvalue weighted by Crippen LogP contribution is -2.51. The number of carbonyl (C=O) groups excluding carboxylic acids is 2. The zero-order valence-corrected chi connectivity index (χ0v) is 15.6. The Balaban J connectivity index is 1.58. The molecule has 1 N–H and O–H groups in total. The first-order valence-electron chi connectivity index (χ1n) is 9.06. The van der Waals surface area contributed by atoms with Crippen LogP contribution in [-0.4, -0.2) is 54.0 Å². The number of ether oxygens (including phenoxy) is 1. The Morgan fingerprint density at radius 1 is 1.04 bits per heavy atom. The number of nitrogens with one attached hydrogen (secondary N) is 1. The molecule has 0 saturated carbocycles. The summed E-state index contributed by atoms with van der Waals surface area (Å²) in [6.45, 7) is 6.06. The number of benzene rings is 1. The summed E-state index contributed by atoms with van der Waals surface area (Å²) in [5.74, 6) is 0.249. The van der Waals surface area contributed by atoms with E-state index in [-0.39, 0.29) is 6.10 Å². The molecular formula is C20H24N4O3. The largest absolute Gasteiger partial charge is 0.489 e. The fraction of sp³-hybridized carbons (Fsp3) is 0.350. The van der Waals surface area contributed by atoms with Crippen LogP contribution in [0.3, 0.4) is 0 Å². The fourth-order valence-corrected chi connectivity index (χ4v) is 2.93. The highest BCUT2D eigenvalue weighted by molar-refractivity contribution is 6.39. The van der Waals surface area contributed by atoms with Gasteiger partial charge in [0.2, 0.25) is 0 Å².